The van der Waals surface area contributed by atoms with Gasteiger partial charge >= 0.3 is 0 Å². The highest BCUT2D eigenvalue weighted by Gasteiger charge is 2.21. The van der Waals surface area contributed by atoms with Crippen molar-refractivity contribution in [2.45, 2.75) is 38.3 Å². The van der Waals surface area contributed by atoms with Crippen molar-refractivity contribution in [2.24, 2.45) is 0 Å². The van der Waals surface area contributed by atoms with Gasteiger partial charge in [-0.3, -0.25) is 14.5 Å². The number of hydrogen-bond donors (Lipinski definition) is 1. The molecule has 1 fully saturated rings. The van der Waals surface area contributed by atoms with Crippen LogP contribution in [0, 0.1) is 0 Å². The Bertz CT molecular complexity index is 754. The summed E-state index contributed by atoms with van der Waals surface area (Å²) in [4.78, 5) is 26.6. The Labute approximate surface area is 165 Å². The number of benzene rings is 2. The second-order valence-electron chi connectivity index (χ2n) is 7.03. The first-order valence-corrected chi connectivity index (χ1v) is 9.82. The maximum absolute atomic E-state index is 12.2. The molecule has 5 heteroatoms. The molecule has 0 aromatic heterocycles. The van der Waals surface area contributed by atoms with Crippen molar-refractivity contribution in [1.29, 1.82) is 0 Å². The number of likely N-dealkylation sites (tertiary alicyclic amines) is 1. The maximum atomic E-state index is 12.2. The summed E-state index contributed by atoms with van der Waals surface area (Å²) in [6, 6.07) is 17.3. The van der Waals surface area contributed by atoms with Crippen molar-refractivity contribution in [3.8, 4) is 0 Å². The number of nitrogens with zero attached hydrogens (tertiary/aromatic N) is 1. The summed E-state index contributed by atoms with van der Waals surface area (Å²) in [5, 5.41) is 3.84. The normalized spacial score (nSPS) is 15.4. The number of amides is 1. The van der Waals surface area contributed by atoms with Crippen LogP contribution in [-0.2, 0) is 11.3 Å². The van der Waals surface area contributed by atoms with Crippen molar-refractivity contribution < 1.29 is 9.59 Å². The van der Waals surface area contributed by atoms with Crippen LogP contribution in [0.1, 0.15) is 41.6 Å². The lowest BCUT2D eigenvalue weighted by Gasteiger charge is -2.32. The third kappa shape index (κ3) is 6.19. The lowest BCUT2D eigenvalue weighted by atomic mass is 10.0. The minimum atomic E-state index is -0.0320. The highest BCUT2D eigenvalue weighted by Crippen LogP contribution is 2.16. The number of piperidine rings is 1. The summed E-state index contributed by atoms with van der Waals surface area (Å²) in [5.74, 6) is -0.0148. The van der Waals surface area contributed by atoms with Gasteiger partial charge in [0.25, 0.3) is 0 Å². The molecule has 1 N–H and O–H groups in total. The lowest BCUT2D eigenvalue weighted by Crippen LogP contribution is -2.44. The number of nitrogens with one attached hydrogen (secondary N) is 1. The number of carbonyl (C=O) groups excluding carboxylic acids is 2. The number of rotatable bonds is 7. The fraction of sp³-hybridized carbons (Fsp3) is 0.364. The van der Waals surface area contributed by atoms with Gasteiger partial charge in [-0.05, 0) is 30.5 Å². The highest BCUT2D eigenvalue weighted by atomic mass is 35.5. The van der Waals surface area contributed by atoms with Gasteiger partial charge in [0.2, 0.25) is 5.91 Å². The summed E-state index contributed by atoms with van der Waals surface area (Å²) < 4.78 is 0. The van der Waals surface area contributed by atoms with E-state index in [4.69, 9.17) is 11.6 Å². The predicted molar refractivity (Wildman–Crippen MR) is 108 cm³/mol. The van der Waals surface area contributed by atoms with Gasteiger partial charge in [0, 0.05) is 49.1 Å². The van der Waals surface area contributed by atoms with E-state index in [1.807, 2.05) is 30.3 Å². The monoisotopic (exact) mass is 384 g/mol. The Kier molecular flexibility index (Phi) is 7.02. The zero-order valence-corrected chi connectivity index (χ0v) is 16.1. The molecule has 1 aliphatic heterocycles. The molecule has 0 atom stereocenters. The minimum Gasteiger partial charge on any atom is -0.353 e. The predicted octanol–water partition coefficient (Wildman–Crippen LogP) is 4.08. The molecular weight excluding hydrogens is 360 g/mol. The molecule has 2 aromatic rings. The molecule has 0 aliphatic carbocycles. The Morgan fingerprint density at radius 3 is 2.30 bits per heavy atom. The molecule has 27 heavy (non-hydrogen) atoms. The van der Waals surface area contributed by atoms with Crippen LogP contribution in [0.2, 0.25) is 5.02 Å². The minimum absolute atomic E-state index is 0.0172. The number of halogens is 1. The quantitative estimate of drug-likeness (QED) is 0.731. The van der Waals surface area contributed by atoms with E-state index in [-0.39, 0.29) is 30.6 Å². The van der Waals surface area contributed by atoms with E-state index in [0.29, 0.717) is 5.56 Å². The van der Waals surface area contributed by atoms with Gasteiger partial charge in [0.15, 0.2) is 5.78 Å². The third-order valence-electron chi connectivity index (χ3n) is 4.95. The molecule has 3 rings (SSSR count). The molecule has 0 bridgehead atoms. The van der Waals surface area contributed by atoms with E-state index in [1.165, 1.54) is 5.56 Å². The van der Waals surface area contributed by atoms with Crippen LogP contribution in [0.3, 0.4) is 0 Å². The summed E-state index contributed by atoms with van der Waals surface area (Å²) in [7, 11) is 0. The van der Waals surface area contributed by atoms with Crippen molar-refractivity contribution in [1.82, 2.24) is 10.2 Å². The smallest absolute Gasteiger partial charge is 0.220 e. The van der Waals surface area contributed by atoms with Gasteiger partial charge in [-0.25, -0.2) is 0 Å². The number of ketones is 1. The van der Waals surface area contributed by atoms with E-state index >= 15 is 0 Å². The maximum Gasteiger partial charge on any atom is 0.220 e. The second-order valence-corrected chi connectivity index (χ2v) is 7.47. The molecule has 142 valence electrons. The summed E-state index contributed by atoms with van der Waals surface area (Å²) in [6.07, 6.45) is 2.38. The first-order chi connectivity index (χ1) is 13.1. The summed E-state index contributed by atoms with van der Waals surface area (Å²) in [6.45, 7) is 2.82. The molecule has 4 nitrogen and oxygen atoms in total. The van der Waals surface area contributed by atoms with Crippen LogP contribution in [0.5, 0.6) is 0 Å². The SMILES string of the molecule is O=C(CCC(=O)c1ccccc1)NC1CCN(Cc2ccc(Cl)cc2)CC1. The third-order valence-corrected chi connectivity index (χ3v) is 5.20. The average molecular weight is 385 g/mol. The molecule has 0 spiro atoms. The van der Waals surface area contributed by atoms with Crippen molar-refractivity contribution in [2.75, 3.05) is 13.1 Å². The number of Topliss-reactive ketones (excluding diaryl/α,β-unsaturated/α-hetero) is 1. The topological polar surface area (TPSA) is 49.4 Å². The molecule has 1 saturated heterocycles. The number of carbonyl (C=O) groups is 2. The summed E-state index contributed by atoms with van der Waals surface area (Å²) in [5.41, 5.74) is 1.92. The van der Waals surface area contributed by atoms with Gasteiger partial charge in [-0.15, -0.1) is 0 Å². The molecule has 0 saturated carbocycles. The first kappa shape index (κ1) is 19.6. The van der Waals surface area contributed by atoms with E-state index in [9.17, 15) is 9.59 Å². The van der Waals surface area contributed by atoms with Crippen molar-refractivity contribution >= 4 is 23.3 Å². The Hall–Kier alpha value is -2.17. The largest absolute Gasteiger partial charge is 0.353 e. The van der Waals surface area contributed by atoms with Crippen LogP contribution < -0.4 is 5.32 Å². The van der Waals surface area contributed by atoms with E-state index in [2.05, 4.69) is 22.3 Å². The Morgan fingerprint density at radius 2 is 1.63 bits per heavy atom. The fourth-order valence-electron chi connectivity index (χ4n) is 3.38. The van der Waals surface area contributed by atoms with Crippen LogP contribution in [0.4, 0.5) is 0 Å². The van der Waals surface area contributed by atoms with Crippen LogP contribution in [-0.4, -0.2) is 35.7 Å². The molecular formula is C22H25ClN2O2. The standard InChI is InChI=1S/C22H25ClN2O2/c23-19-8-6-17(7-9-19)16-25-14-12-20(13-15-25)24-22(27)11-10-21(26)18-4-2-1-3-5-18/h1-9,20H,10-16H2,(H,24,27). The second kappa shape index (κ2) is 9.67. The van der Waals surface area contributed by atoms with E-state index in [1.54, 1.807) is 12.1 Å². The van der Waals surface area contributed by atoms with Crippen molar-refractivity contribution in [3.63, 3.8) is 0 Å². The zero-order chi connectivity index (χ0) is 19.1. The highest BCUT2D eigenvalue weighted by molar-refractivity contribution is 6.30. The number of hydrogen-bond acceptors (Lipinski definition) is 3. The van der Waals surface area contributed by atoms with Gasteiger partial charge in [-0.1, -0.05) is 54.1 Å². The average Bonchev–Trinajstić information content (AvgIpc) is 2.70. The lowest BCUT2D eigenvalue weighted by molar-refractivity contribution is -0.122. The molecule has 0 unspecified atom stereocenters. The van der Waals surface area contributed by atoms with Crippen LogP contribution >= 0.6 is 11.6 Å². The Morgan fingerprint density at radius 1 is 0.963 bits per heavy atom. The molecule has 1 aliphatic rings. The first-order valence-electron chi connectivity index (χ1n) is 9.44. The van der Waals surface area contributed by atoms with Gasteiger partial charge in [0.1, 0.15) is 0 Å². The molecule has 2 aromatic carbocycles. The van der Waals surface area contributed by atoms with Gasteiger partial charge in [-0.2, -0.15) is 0 Å². The van der Waals surface area contributed by atoms with E-state index in [0.717, 1.165) is 37.5 Å². The van der Waals surface area contributed by atoms with Crippen LogP contribution in [0.15, 0.2) is 54.6 Å². The van der Waals surface area contributed by atoms with Crippen molar-refractivity contribution in [3.05, 3.63) is 70.7 Å². The molecule has 0 radical (unpaired) electrons. The summed E-state index contributed by atoms with van der Waals surface area (Å²) >= 11 is 5.93. The molecule has 1 heterocycles. The fourth-order valence-corrected chi connectivity index (χ4v) is 3.50. The molecule has 1 amide bonds. The van der Waals surface area contributed by atoms with E-state index < -0.39 is 0 Å². The van der Waals surface area contributed by atoms with Gasteiger partial charge in [0.05, 0.1) is 0 Å². The zero-order valence-electron chi connectivity index (χ0n) is 15.4. The Balaban J connectivity index is 1.36. The van der Waals surface area contributed by atoms with Crippen LogP contribution in [0.25, 0.3) is 0 Å². The van der Waals surface area contributed by atoms with Gasteiger partial charge < -0.3 is 5.32 Å².